The number of amides is 1. The zero-order valence-electron chi connectivity index (χ0n) is 16.3. The molecule has 1 amide bonds. The molecule has 0 bridgehead atoms. The molecule has 2 aliphatic rings. The first-order chi connectivity index (χ1) is 12.8. The highest BCUT2D eigenvalue weighted by atomic mass is 16.5. The largest absolute Gasteiger partial charge is 0.507 e. The highest BCUT2D eigenvalue weighted by Gasteiger charge is 2.40. The number of hydrogen-bond acceptors (Lipinski definition) is 5. The lowest BCUT2D eigenvalue weighted by Gasteiger charge is -2.36. The van der Waals surface area contributed by atoms with E-state index < -0.39 is 5.60 Å². The van der Waals surface area contributed by atoms with E-state index in [9.17, 15) is 9.90 Å². The zero-order valence-corrected chi connectivity index (χ0v) is 16.3. The number of fused-ring (bicyclic) bond motifs is 1. The predicted octanol–water partition coefficient (Wildman–Crippen LogP) is 3.58. The lowest BCUT2D eigenvalue weighted by atomic mass is 9.86. The molecule has 4 rings (SSSR count). The lowest BCUT2D eigenvalue weighted by Crippen LogP contribution is -2.50. The summed E-state index contributed by atoms with van der Waals surface area (Å²) in [4.78, 5) is 12.9. The third-order valence-electron chi connectivity index (χ3n) is 5.99. The van der Waals surface area contributed by atoms with Gasteiger partial charge in [-0.1, -0.05) is 5.16 Å². The minimum Gasteiger partial charge on any atom is -0.507 e. The van der Waals surface area contributed by atoms with Gasteiger partial charge in [-0.25, -0.2) is 0 Å². The summed E-state index contributed by atoms with van der Waals surface area (Å²) in [5.74, 6) is 2.30. The van der Waals surface area contributed by atoms with Gasteiger partial charge < -0.3 is 19.7 Å². The molecule has 1 aliphatic heterocycles. The van der Waals surface area contributed by atoms with Gasteiger partial charge in [-0.2, -0.15) is 0 Å². The van der Waals surface area contributed by atoms with Gasteiger partial charge in [0.15, 0.2) is 5.60 Å². The van der Waals surface area contributed by atoms with Crippen molar-refractivity contribution >= 4 is 5.91 Å². The van der Waals surface area contributed by atoms with Crippen LogP contribution in [0.25, 0.3) is 0 Å². The minimum atomic E-state index is -0.948. The van der Waals surface area contributed by atoms with Gasteiger partial charge in [0.25, 0.3) is 5.91 Å². The molecule has 0 unspecified atom stereocenters. The number of ether oxygens (including phenoxy) is 1. The van der Waals surface area contributed by atoms with Crippen LogP contribution in [0.2, 0.25) is 0 Å². The molecule has 2 aromatic rings. The summed E-state index contributed by atoms with van der Waals surface area (Å²) in [5, 5.41) is 17.3. The number of nitrogens with one attached hydrogen (secondary N) is 1. The number of nitrogens with zero attached hydrogens (tertiary/aromatic N) is 1. The van der Waals surface area contributed by atoms with Crippen molar-refractivity contribution in [2.24, 2.45) is 0 Å². The summed E-state index contributed by atoms with van der Waals surface area (Å²) in [5.41, 5.74) is 3.30. The van der Waals surface area contributed by atoms with Crippen molar-refractivity contribution in [1.29, 1.82) is 0 Å². The Labute approximate surface area is 158 Å². The molecule has 144 valence electrons. The molecule has 0 spiro atoms. The number of carbonyl (C=O) groups excluding carboxylic acids is 1. The first kappa shape index (κ1) is 17.9. The molecule has 1 aromatic carbocycles. The number of rotatable bonds is 4. The van der Waals surface area contributed by atoms with Gasteiger partial charge in [0.05, 0.1) is 6.54 Å². The van der Waals surface area contributed by atoms with Gasteiger partial charge >= 0.3 is 0 Å². The monoisotopic (exact) mass is 370 g/mol. The second-order valence-corrected chi connectivity index (χ2v) is 8.04. The van der Waals surface area contributed by atoms with Crippen LogP contribution in [0.4, 0.5) is 0 Å². The second kappa shape index (κ2) is 6.29. The fourth-order valence-corrected chi connectivity index (χ4v) is 3.74. The highest BCUT2D eigenvalue weighted by Crippen LogP contribution is 2.43. The van der Waals surface area contributed by atoms with E-state index in [1.807, 2.05) is 33.8 Å². The Bertz CT molecular complexity index is 913. The molecule has 1 saturated carbocycles. The first-order valence-corrected chi connectivity index (χ1v) is 9.54. The first-order valence-electron chi connectivity index (χ1n) is 9.54. The third-order valence-corrected chi connectivity index (χ3v) is 5.99. The topological polar surface area (TPSA) is 84.6 Å². The Morgan fingerprint density at radius 3 is 2.74 bits per heavy atom. The lowest BCUT2D eigenvalue weighted by molar-refractivity contribution is -0.137. The number of phenolic OH excluding ortho intramolecular Hbond substituents is 1. The van der Waals surface area contributed by atoms with Gasteiger partial charge in [-0.05, 0) is 63.6 Å². The van der Waals surface area contributed by atoms with Crippen molar-refractivity contribution in [2.45, 2.75) is 71.4 Å². The molecular weight excluding hydrogens is 344 g/mol. The maximum atomic E-state index is 12.9. The van der Waals surface area contributed by atoms with Crippen LogP contribution in [-0.2, 0) is 17.8 Å². The van der Waals surface area contributed by atoms with E-state index in [0.717, 1.165) is 52.3 Å². The number of carbonyl (C=O) groups is 1. The maximum absolute atomic E-state index is 12.9. The van der Waals surface area contributed by atoms with Crippen LogP contribution in [0, 0.1) is 20.8 Å². The van der Waals surface area contributed by atoms with E-state index in [1.54, 1.807) is 0 Å². The van der Waals surface area contributed by atoms with Crippen LogP contribution in [0.3, 0.4) is 0 Å². The molecule has 2 heterocycles. The van der Waals surface area contributed by atoms with Crippen molar-refractivity contribution in [1.82, 2.24) is 10.5 Å². The second-order valence-electron chi connectivity index (χ2n) is 8.04. The molecule has 1 atom stereocenters. The van der Waals surface area contributed by atoms with Crippen LogP contribution in [0.5, 0.6) is 11.5 Å². The fourth-order valence-electron chi connectivity index (χ4n) is 3.74. The molecule has 6 nitrogen and oxygen atoms in total. The third kappa shape index (κ3) is 3.07. The van der Waals surface area contributed by atoms with E-state index in [2.05, 4.69) is 10.5 Å². The van der Waals surface area contributed by atoms with Crippen molar-refractivity contribution in [3.05, 3.63) is 39.8 Å². The van der Waals surface area contributed by atoms with Crippen LogP contribution in [-0.4, -0.2) is 21.8 Å². The minimum absolute atomic E-state index is 0.160. The smallest absolute Gasteiger partial charge is 0.264 e. The van der Waals surface area contributed by atoms with Gasteiger partial charge in [-0.15, -0.1) is 0 Å². The molecule has 27 heavy (non-hydrogen) atoms. The number of hydrogen-bond donors (Lipinski definition) is 2. The highest BCUT2D eigenvalue weighted by molar-refractivity contribution is 5.85. The summed E-state index contributed by atoms with van der Waals surface area (Å²) < 4.78 is 11.5. The summed E-state index contributed by atoms with van der Waals surface area (Å²) in [6, 6.07) is 1.93. The normalized spacial score (nSPS) is 21.5. The van der Waals surface area contributed by atoms with Gasteiger partial charge in [0.2, 0.25) is 0 Å². The Balaban J connectivity index is 1.49. The number of benzene rings is 1. The Hall–Kier alpha value is -2.50. The Kier molecular flexibility index (Phi) is 4.17. The molecule has 2 N–H and O–H groups in total. The number of aromatic nitrogens is 1. The van der Waals surface area contributed by atoms with Gasteiger partial charge in [0, 0.05) is 24.0 Å². The van der Waals surface area contributed by atoms with E-state index in [-0.39, 0.29) is 5.91 Å². The quantitative estimate of drug-likeness (QED) is 0.859. The molecule has 1 aliphatic carbocycles. The SMILES string of the molecule is Cc1c(C)c2c(c(C)c1O)CC[C@@](C)(C(=O)NCc1cc(C3CC3)on1)O2. The molecule has 1 fully saturated rings. The molecule has 0 saturated heterocycles. The van der Waals surface area contributed by atoms with E-state index >= 15 is 0 Å². The van der Waals surface area contributed by atoms with E-state index in [0.29, 0.717) is 31.1 Å². The van der Waals surface area contributed by atoms with Crippen LogP contribution in [0.1, 0.15) is 65.8 Å². The molecular formula is C21H26N2O4. The fraction of sp³-hybridized carbons (Fsp3) is 0.524. The number of phenols is 1. The summed E-state index contributed by atoms with van der Waals surface area (Å²) in [7, 11) is 0. The molecule has 1 aromatic heterocycles. The van der Waals surface area contributed by atoms with Gasteiger partial charge in [0.1, 0.15) is 23.0 Å². The van der Waals surface area contributed by atoms with E-state index in [4.69, 9.17) is 9.26 Å². The predicted molar refractivity (Wildman–Crippen MR) is 100.0 cm³/mol. The Morgan fingerprint density at radius 1 is 1.30 bits per heavy atom. The van der Waals surface area contributed by atoms with Crippen molar-refractivity contribution in [3.63, 3.8) is 0 Å². The van der Waals surface area contributed by atoms with Gasteiger partial charge in [-0.3, -0.25) is 4.79 Å². The maximum Gasteiger partial charge on any atom is 0.264 e. The molecule has 0 radical (unpaired) electrons. The Morgan fingerprint density at radius 2 is 2.04 bits per heavy atom. The summed E-state index contributed by atoms with van der Waals surface area (Å²) >= 11 is 0. The summed E-state index contributed by atoms with van der Waals surface area (Å²) in [6.45, 7) is 7.84. The van der Waals surface area contributed by atoms with E-state index in [1.165, 1.54) is 0 Å². The summed E-state index contributed by atoms with van der Waals surface area (Å²) in [6.07, 6.45) is 3.55. The average molecular weight is 370 g/mol. The van der Waals surface area contributed by atoms with Crippen LogP contribution >= 0.6 is 0 Å². The van der Waals surface area contributed by atoms with Crippen molar-refractivity contribution in [2.75, 3.05) is 0 Å². The van der Waals surface area contributed by atoms with Crippen LogP contribution < -0.4 is 10.1 Å². The van der Waals surface area contributed by atoms with Crippen molar-refractivity contribution < 1.29 is 19.2 Å². The zero-order chi connectivity index (χ0) is 19.3. The van der Waals surface area contributed by atoms with Crippen LogP contribution in [0.15, 0.2) is 10.6 Å². The molecule has 6 heteroatoms. The standard InChI is InChI=1S/C21H26N2O4/c1-11-12(2)19-16(13(3)18(11)24)7-8-21(4,26-19)20(25)22-10-15-9-17(27-23-15)14-5-6-14/h9,14,24H,5-8,10H2,1-4H3,(H,22,25)/t21-/m0/s1. The van der Waals surface area contributed by atoms with Crippen molar-refractivity contribution in [3.8, 4) is 11.5 Å². The average Bonchev–Trinajstić information content (AvgIpc) is 3.41. The number of aromatic hydroxyl groups is 1.